The Morgan fingerprint density at radius 2 is 2.18 bits per heavy atom. The van der Waals surface area contributed by atoms with E-state index in [1.54, 1.807) is 24.3 Å². The molecule has 0 aliphatic heterocycles. The normalized spacial score (nSPS) is 8.36. The van der Waals surface area contributed by atoms with Gasteiger partial charge in [0, 0.05) is 22.4 Å². The Labute approximate surface area is 63.6 Å². The van der Waals surface area contributed by atoms with Crippen LogP contribution in [0.15, 0.2) is 29.4 Å². The van der Waals surface area contributed by atoms with Gasteiger partial charge in [-0.05, 0) is 5.53 Å². The van der Waals surface area contributed by atoms with Gasteiger partial charge < -0.3 is 5.41 Å². The average molecular weight is 146 g/mol. The van der Waals surface area contributed by atoms with Crippen LogP contribution in [0.4, 0.5) is 5.69 Å². The summed E-state index contributed by atoms with van der Waals surface area (Å²) in [5, 5.41) is 10.4. The largest absolute Gasteiger partial charge is 0.308 e. The standard InChI is InChI=1S/C7H6N4/c8-5-6-3-1-2-4-7(6)10-11-9/h1-5,8H. The zero-order valence-electron chi connectivity index (χ0n) is 5.73. The highest BCUT2D eigenvalue weighted by Gasteiger charge is 1.92. The highest BCUT2D eigenvalue weighted by Crippen LogP contribution is 2.15. The van der Waals surface area contributed by atoms with Gasteiger partial charge in [0.25, 0.3) is 0 Å². The number of nitrogens with zero attached hydrogens (tertiary/aromatic N) is 3. The number of hydrogen-bond donors (Lipinski definition) is 1. The molecule has 4 nitrogen and oxygen atoms in total. The highest BCUT2D eigenvalue weighted by molar-refractivity contribution is 5.84. The first kappa shape index (κ1) is 7.31. The first-order valence-electron chi connectivity index (χ1n) is 3.03. The van der Waals surface area contributed by atoms with Gasteiger partial charge in [-0.1, -0.05) is 29.4 Å². The van der Waals surface area contributed by atoms with Gasteiger partial charge in [-0.25, -0.2) is 0 Å². The summed E-state index contributed by atoms with van der Waals surface area (Å²) in [5.74, 6) is 0. The molecule has 0 aliphatic carbocycles. The van der Waals surface area contributed by atoms with Gasteiger partial charge in [0.15, 0.2) is 0 Å². The minimum atomic E-state index is 0.491. The topological polar surface area (TPSA) is 72.6 Å². The second-order valence-corrected chi connectivity index (χ2v) is 1.89. The van der Waals surface area contributed by atoms with Gasteiger partial charge >= 0.3 is 0 Å². The SMILES string of the molecule is [N-]=[N+]=Nc1ccccc1C=N. The molecule has 1 rings (SSSR count). The zero-order chi connectivity index (χ0) is 8.10. The molecule has 0 amide bonds. The Morgan fingerprint density at radius 3 is 2.82 bits per heavy atom. The maximum Gasteiger partial charge on any atom is 0.0462 e. The van der Waals surface area contributed by atoms with Crippen molar-refractivity contribution in [3.8, 4) is 0 Å². The molecule has 0 bridgehead atoms. The molecule has 1 aromatic carbocycles. The van der Waals surface area contributed by atoms with Gasteiger partial charge in [-0.15, -0.1) is 0 Å². The third kappa shape index (κ3) is 1.56. The van der Waals surface area contributed by atoms with Crippen molar-refractivity contribution in [1.82, 2.24) is 0 Å². The quantitative estimate of drug-likeness (QED) is 0.288. The molecule has 0 atom stereocenters. The zero-order valence-corrected chi connectivity index (χ0v) is 5.73. The molecular weight excluding hydrogens is 140 g/mol. The Hall–Kier alpha value is -1.80. The lowest BCUT2D eigenvalue weighted by molar-refractivity contribution is 1.45. The molecule has 0 saturated carbocycles. The Kier molecular flexibility index (Phi) is 2.25. The lowest BCUT2D eigenvalue weighted by Crippen LogP contribution is -1.77. The Balaban J connectivity index is 3.21. The first-order chi connectivity index (χ1) is 5.38. The third-order valence-corrected chi connectivity index (χ3v) is 1.24. The summed E-state index contributed by atoms with van der Waals surface area (Å²) < 4.78 is 0. The van der Waals surface area contributed by atoms with Crippen LogP contribution in [0, 0.1) is 5.41 Å². The molecule has 0 fully saturated rings. The van der Waals surface area contributed by atoms with Crippen molar-refractivity contribution < 1.29 is 0 Å². The lowest BCUT2D eigenvalue weighted by Gasteiger charge is -1.94. The smallest absolute Gasteiger partial charge is 0.0462 e. The molecule has 0 unspecified atom stereocenters. The van der Waals surface area contributed by atoms with Gasteiger partial charge in [-0.2, -0.15) is 0 Å². The van der Waals surface area contributed by atoms with E-state index in [0.717, 1.165) is 6.21 Å². The molecule has 4 heteroatoms. The summed E-state index contributed by atoms with van der Waals surface area (Å²) in [7, 11) is 0. The van der Waals surface area contributed by atoms with Crippen molar-refractivity contribution in [3.05, 3.63) is 40.3 Å². The molecule has 0 heterocycles. The predicted octanol–water partition coefficient (Wildman–Crippen LogP) is 2.63. The highest BCUT2D eigenvalue weighted by atomic mass is 15.1. The van der Waals surface area contributed by atoms with E-state index >= 15 is 0 Å². The lowest BCUT2D eigenvalue weighted by atomic mass is 10.2. The van der Waals surface area contributed by atoms with Crippen molar-refractivity contribution in [3.63, 3.8) is 0 Å². The van der Waals surface area contributed by atoms with E-state index < -0.39 is 0 Å². The molecule has 1 N–H and O–H groups in total. The fourth-order valence-corrected chi connectivity index (χ4v) is 0.749. The van der Waals surface area contributed by atoms with Crippen LogP contribution >= 0.6 is 0 Å². The molecule has 54 valence electrons. The van der Waals surface area contributed by atoms with Crippen molar-refractivity contribution in [2.24, 2.45) is 5.11 Å². The number of rotatable bonds is 2. The number of hydrogen-bond acceptors (Lipinski definition) is 2. The van der Waals surface area contributed by atoms with E-state index in [-0.39, 0.29) is 0 Å². The van der Waals surface area contributed by atoms with Crippen molar-refractivity contribution in [1.29, 1.82) is 5.41 Å². The molecule has 0 aliphatic rings. The Bertz CT molecular complexity index is 312. The molecule has 0 spiro atoms. The van der Waals surface area contributed by atoms with Crippen LogP contribution in [0.25, 0.3) is 10.4 Å². The second-order valence-electron chi connectivity index (χ2n) is 1.89. The van der Waals surface area contributed by atoms with E-state index in [4.69, 9.17) is 10.9 Å². The van der Waals surface area contributed by atoms with Crippen molar-refractivity contribution >= 4 is 11.9 Å². The van der Waals surface area contributed by atoms with E-state index in [0.29, 0.717) is 11.3 Å². The number of benzene rings is 1. The van der Waals surface area contributed by atoms with Crippen molar-refractivity contribution in [2.45, 2.75) is 0 Å². The summed E-state index contributed by atoms with van der Waals surface area (Å²) >= 11 is 0. The summed E-state index contributed by atoms with van der Waals surface area (Å²) in [4.78, 5) is 2.64. The first-order valence-corrected chi connectivity index (χ1v) is 3.03. The van der Waals surface area contributed by atoms with E-state index in [1.165, 1.54) is 0 Å². The molecule has 1 aromatic rings. The van der Waals surface area contributed by atoms with Crippen LogP contribution in [0.1, 0.15) is 5.56 Å². The van der Waals surface area contributed by atoms with Crippen LogP contribution in [0.3, 0.4) is 0 Å². The Morgan fingerprint density at radius 1 is 1.45 bits per heavy atom. The van der Waals surface area contributed by atoms with Crippen LogP contribution in [-0.4, -0.2) is 6.21 Å². The molecule has 0 saturated heterocycles. The van der Waals surface area contributed by atoms with Crippen LogP contribution in [0.2, 0.25) is 0 Å². The van der Waals surface area contributed by atoms with Crippen LogP contribution in [0.5, 0.6) is 0 Å². The summed E-state index contributed by atoms with van der Waals surface area (Å²) in [6, 6.07) is 6.94. The summed E-state index contributed by atoms with van der Waals surface area (Å²) in [6.07, 6.45) is 1.16. The van der Waals surface area contributed by atoms with Gasteiger partial charge in [0.1, 0.15) is 0 Å². The minimum Gasteiger partial charge on any atom is -0.308 e. The summed E-state index contributed by atoms with van der Waals surface area (Å²) in [5.41, 5.74) is 9.24. The van der Waals surface area contributed by atoms with Gasteiger partial charge in [-0.3, -0.25) is 0 Å². The third-order valence-electron chi connectivity index (χ3n) is 1.24. The fraction of sp³-hybridized carbons (Fsp3) is 0. The average Bonchev–Trinajstić information content (AvgIpc) is 2.06. The fourth-order valence-electron chi connectivity index (χ4n) is 0.749. The minimum absolute atomic E-state index is 0.491. The van der Waals surface area contributed by atoms with Crippen LogP contribution in [-0.2, 0) is 0 Å². The van der Waals surface area contributed by atoms with E-state index in [2.05, 4.69) is 10.0 Å². The molecule has 0 radical (unpaired) electrons. The second kappa shape index (κ2) is 3.39. The predicted molar refractivity (Wildman–Crippen MR) is 43.1 cm³/mol. The summed E-state index contributed by atoms with van der Waals surface area (Å²) in [6.45, 7) is 0. The molecule has 0 aromatic heterocycles. The monoisotopic (exact) mass is 146 g/mol. The van der Waals surface area contributed by atoms with Crippen molar-refractivity contribution in [2.75, 3.05) is 0 Å². The number of azide groups is 1. The van der Waals surface area contributed by atoms with Gasteiger partial charge in [0.2, 0.25) is 0 Å². The maximum absolute atomic E-state index is 8.12. The van der Waals surface area contributed by atoms with Gasteiger partial charge in [0.05, 0.1) is 0 Å². The molecule has 11 heavy (non-hydrogen) atoms. The number of nitrogens with one attached hydrogen (secondary N) is 1. The van der Waals surface area contributed by atoms with E-state index in [1.807, 2.05) is 0 Å². The molecular formula is C7H6N4. The van der Waals surface area contributed by atoms with E-state index in [9.17, 15) is 0 Å². The van der Waals surface area contributed by atoms with Crippen LogP contribution < -0.4 is 0 Å². The maximum atomic E-state index is 8.12.